The molecule has 7 nitrogen and oxygen atoms in total. The minimum absolute atomic E-state index is 0.189. The minimum Gasteiger partial charge on any atom is -0.497 e. The van der Waals surface area contributed by atoms with Crippen LogP contribution in [0.4, 0.5) is 11.4 Å². The van der Waals surface area contributed by atoms with Gasteiger partial charge in [-0.15, -0.1) is 11.3 Å². The Hall–Kier alpha value is -3.78. The van der Waals surface area contributed by atoms with Crippen LogP contribution in [-0.4, -0.2) is 32.6 Å². The van der Waals surface area contributed by atoms with Crippen LogP contribution in [0.1, 0.15) is 11.8 Å². The van der Waals surface area contributed by atoms with Gasteiger partial charge < -0.3 is 19.5 Å². The zero-order valence-electron chi connectivity index (χ0n) is 17.9. The zero-order valence-corrected chi connectivity index (χ0v) is 18.7. The molecule has 3 aromatic rings. The van der Waals surface area contributed by atoms with Crippen molar-refractivity contribution in [2.75, 3.05) is 31.0 Å². The second-order valence-electron chi connectivity index (χ2n) is 6.83. The summed E-state index contributed by atoms with van der Waals surface area (Å²) in [6.07, 6.45) is 0. The molecule has 1 aliphatic heterocycles. The van der Waals surface area contributed by atoms with E-state index in [9.17, 15) is 9.59 Å². The first-order valence-corrected chi connectivity index (χ1v) is 10.8. The number of rotatable bonds is 8. The lowest BCUT2D eigenvalue weighted by atomic mass is 10.1. The molecule has 0 saturated carbocycles. The first-order valence-electron chi connectivity index (χ1n) is 9.95. The molecular formula is C24H22N2O5S. The fourth-order valence-corrected chi connectivity index (χ4v) is 4.20. The van der Waals surface area contributed by atoms with Crippen molar-refractivity contribution in [3.05, 3.63) is 70.6 Å². The second-order valence-corrected chi connectivity index (χ2v) is 7.78. The van der Waals surface area contributed by atoms with Gasteiger partial charge in [-0.3, -0.25) is 9.59 Å². The van der Waals surface area contributed by atoms with Gasteiger partial charge in [-0.05, 0) is 30.5 Å². The van der Waals surface area contributed by atoms with E-state index in [1.165, 1.54) is 11.3 Å². The van der Waals surface area contributed by atoms with Crippen molar-refractivity contribution in [2.24, 2.45) is 0 Å². The van der Waals surface area contributed by atoms with Gasteiger partial charge in [0.1, 0.15) is 22.9 Å². The van der Waals surface area contributed by atoms with Gasteiger partial charge in [-0.1, -0.05) is 12.1 Å². The van der Waals surface area contributed by atoms with E-state index in [2.05, 4.69) is 5.32 Å². The van der Waals surface area contributed by atoms with E-state index in [4.69, 9.17) is 14.2 Å². The molecule has 164 valence electrons. The highest BCUT2D eigenvalue weighted by Crippen LogP contribution is 2.37. The van der Waals surface area contributed by atoms with Crippen LogP contribution in [0.25, 0.3) is 5.57 Å². The number of nitrogens with zero attached hydrogens (tertiary/aromatic N) is 1. The fourth-order valence-electron chi connectivity index (χ4n) is 3.43. The summed E-state index contributed by atoms with van der Waals surface area (Å²) in [5.74, 6) is 0.853. The van der Waals surface area contributed by atoms with Crippen molar-refractivity contribution < 1.29 is 23.8 Å². The van der Waals surface area contributed by atoms with Gasteiger partial charge in [0.25, 0.3) is 11.8 Å². The Morgan fingerprint density at radius 2 is 1.66 bits per heavy atom. The normalized spacial score (nSPS) is 13.5. The molecule has 0 radical (unpaired) electrons. The number of carbonyl (C=O) groups excluding carboxylic acids is 2. The van der Waals surface area contributed by atoms with Crippen LogP contribution in [0.5, 0.6) is 17.2 Å². The van der Waals surface area contributed by atoms with Crippen molar-refractivity contribution in [1.29, 1.82) is 0 Å². The Morgan fingerprint density at radius 3 is 2.28 bits per heavy atom. The van der Waals surface area contributed by atoms with Crippen molar-refractivity contribution in [3.8, 4) is 17.2 Å². The van der Waals surface area contributed by atoms with Gasteiger partial charge in [0.05, 0.1) is 32.1 Å². The number of anilines is 2. The number of hydrogen-bond donors (Lipinski definition) is 1. The Bertz CT molecular complexity index is 1160. The Kier molecular flexibility index (Phi) is 6.13. The molecular weight excluding hydrogens is 428 g/mol. The van der Waals surface area contributed by atoms with Gasteiger partial charge >= 0.3 is 0 Å². The summed E-state index contributed by atoms with van der Waals surface area (Å²) < 4.78 is 16.2. The Labute approximate surface area is 189 Å². The number of imide groups is 1. The van der Waals surface area contributed by atoms with E-state index < -0.39 is 11.8 Å². The summed E-state index contributed by atoms with van der Waals surface area (Å²) in [5, 5.41) is 5.00. The quantitative estimate of drug-likeness (QED) is 0.507. The molecule has 0 spiro atoms. The van der Waals surface area contributed by atoms with Crippen LogP contribution >= 0.6 is 11.3 Å². The number of amides is 2. The molecule has 0 saturated heterocycles. The lowest BCUT2D eigenvalue weighted by Crippen LogP contribution is -2.32. The topological polar surface area (TPSA) is 77.1 Å². The van der Waals surface area contributed by atoms with E-state index in [0.717, 1.165) is 4.90 Å². The van der Waals surface area contributed by atoms with Crippen molar-refractivity contribution in [1.82, 2.24) is 0 Å². The highest BCUT2D eigenvalue weighted by atomic mass is 32.1. The molecule has 0 aliphatic carbocycles. The summed E-state index contributed by atoms with van der Waals surface area (Å²) in [5.41, 5.74) is 1.51. The highest BCUT2D eigenvalue weighted by molar-refractivity contribution is 7.11. The highest BCUT2D eigenvalue weighted by Gasteiger charge is 2.41. The van der Waals surface area contributed by atoms with Gasteiger partial charge in [0.2, 0.25) is 0 Å². The number of hydrogen-bond acceptors (Lipinski definition) is 7. The number of ether oxygens (including phenoxy) is 3. The van der Waals surface area contributed by atoms with E-state index in [1.807, 2.05) is 24.4 Å². The maximum atomic E-state index is 13.5. The predicted octanol–water partition coefficient (Wildman–Crippen LogP) is 4.56. The smallest absolute Gasteiger partial charge is 0.282 e. The molecule has 0 fully saturated rings. The minimum atomic E-state index is -0.450. The van der Waals surface area contributed by atoms with Crippen LogP contribution in [0.15, 0.2) is 65.7 Å². The number of nitrogens with one attached hydrogen (secondary N) is 1. The predicted molar refractivity (Wildman–Crippen MR) is 125 cm³/mol. The van der Waals surface area contributed by atoms with Crippen molar-refractivity contribution in [2.45, 2.75) is 6.92 Å². The largest absolute Gasteiger partial charge is 0.497 e. The summed E-state index contributed by atoms with van der Waals surface area (Å²) in [6.45, 7) is 2.36. The average Bonchev–Trinajstić information content (AvgIpc) is 3.40. The molecule has 0 atom stereocenters. The van der Waals surface area contributed by atoms with Gasteiger partial charge in [0, 0.05) is 34.8 Å². The standard InChI is InChI=1S/C24H22N2O5S/c1-4-31-17-8-5-7-16(13-17)26-23(27)21(20-9-6-10-32-20)22(24(26)28)25-15-11-18(29-2)14-19(12-15)30-3/h5-14,25H,4H2,1-3H3. The maximum Gasteiger partial charge on any atom is 0.282 e. The van der Waals surface area contributed by atoms with Crippen molar-refractivity contribution >= 4 is 40.1 Å². The molecule has 0 unspecified atom stereocenters. The average molecular weight is 451 g/mol. The molecule has 1 aromatic heterocycles. The molecule has 2 amide bonds. The fraction of sp³-hybridized carbons (Fsp3) is 0.167. The molecule has 4 rings (SSSR count). The first-order chi connectivity index (χ1) is 15.5. The van der Waals surface area contributed by atoms with Gasteiger partial charge in [-0.25, -0.2) is 4.90 Å². The van der Waals surface area contributed by atoms with E-state index >= 15 is 0 Å². The molecule has 2 aromatic carbocycles. The Morgan fingerprint density at radius 1 is 0.906 bits per heavy atom. The molecule has 8 heteroatoms. The number of thiophene rings is 1. The van der Waals surface area contributed by atoms with Gasteiger partial charge in [-0.2, -0.15) is 0 Å². The Balaban J connectivity index is 1.77. The number of benzene rings is 2. The monoisotopic (exact) mass is 450 g/mol. The van der Waals surface area contributed by atoms with E-state index in [-0.39, 0.29) is 5.70 Å². The lowest BCUT2D eigenvalue weighted by Gasteiger charge is -2.16. The van der Waals surface area contributed by atoms with Crippen LogP contribution in [0.3, 0.4) is 0 Å². The van der Waals surface area contributed by atoms with Crippen molar-refractivity contribution in [3.63, 3.8) is 0 Å². The first kappa shape index (κ1) is 21.5. The maximum absolute atomic E-state index is 13.5. The summed E-state index contributed by atoms with van der Waals surface area (Å²) in [6, 6.07) is 15.8. The molecule has 1 aliphatic rings. The summed E-state index contributed by atoms with van der Waals surface area (Å²) in [7, 11) is 3.10. The lowest BCUT2D eigenvalue weighted by molar-refractivity contribution is -0.120. The summed E-state index contributed by atoms with van der Waals surface area (Å²) >= 11 is 1.39. The SMILES string of the molecule is CCOc1cccc(N2C(=O)C(Nc3cc(OC)cc(OC)c3)=C(c3cccs3)C2=O)c1. The number of carbonyl (C=O) groups is 2. The third-order valence-corrected chi connectivity index (χ3v) is 5.75. The third kappa shape index (κ3) is 4.04. The van der Waals surface area contributed by atoms with Crippen LogP contribution in [0.2, 0.25) is 0 Å². The molecule has 2 heterocycles. The third-order valence-electron chi connectivity index (χ3n) is 4.86. The molecule has 32 heavy (non-hydrogen) atoms. The number of methoxy groups -OCH3 is 2. The second kappa shape index (κ2) is 9.15. The van der Waals surface area contributed by atoms with Gasteiger partial charge in [0.15, 0.2) is 0 Å². The van der Waals surface area contributed by atoms with E-state index in [1.54, 1.807) is 56.7 Å². The van der Waals surface area contributed by atoms with Crippen LogP contribution < -0.4 is 24.4 Å². The van der Waals surface area contributed by atoms with E-state index in [0.29, 0.717) is 45.7 Å². The van der Waals surface area contributed by atoms with Crippen LogP contribution in [-0.2, 0) is 9.59 Å². The zero-order chi connectivity index (χ0) is 22.7. The molecule has 1 N–H and O–H groups in total. The van der Waals surface area contributed by atoms with Crippen LogP contribution in [0, 0.1) is 0 Å². The summed E-state index contributed by atoms with van der Waals surface area (Å²) in [4.78, 5) is 28.8. The molecule has 0 bridgehead atoms.